The number of fused-ring (bicyclic) bond motifs is 3. The Hall–Kier alpha value is -6.96. The largest absolute Gasteiger partial charge is 0.354 e. The standard InChI is InChI=1S/C55H39N/c1-35-14-10-18-39(32-35)51-46-30-28-37-16-12-17-38-29-31-47(53(46)50(37)38)54(52(51)40-19-11-15-36(2)33-40)56-43-23-13-22-42(34-43)55(41-20-4-3-5-21-41)48-26-8-6-24-44(48)45-25-7-9-27-49(45)55/h3-34,56H,1-2H3. The van der Waals surface area contributed by atoms with Crippen LogP contribution in [-0.2, 0) is 5.41 Å². The molecule has 0 amide bonds. The van der Waals surface area contributed by atoms with E-state index in [1.165, 1.54) is 99.1 Å². The zero-order chi connectivity index (χ0) is 37.4. The lowest BCUT2D eigenvalue weighted by molar-refractivity contribution is 0.769. The van der Waals surface area contributed by atoms with Gasteiger partial charge < -0.3 is 5.32 Å². The summed E-state index contributed by atoms with van der Waals surface area (Å²) in [5.74, 6) is 0. The highest BCUT2D eigenvalue weighted by molar-refractivity contribution is 6.31. The van der Waals surface area contributed by atoms with Gasteiger partial charge in [0.05, 0.1) is 11.1 Å². The topological polar surface area (TPSA) is 12.0 Å². The molecule has 1 aliphatic rings. The van der Waals surface area contributed by atoms with Crippen LogP contribution in [0.2, 0.25) is 0 Å². The lowest BCUT2D eigenvalue weighted by atomic mass is 9.67. The minimum absolute atomic E-state index is 0.485. The van der Waals surface area contributed by atoms with E-state index in [1.54, 1.807) is 0 Å². The monoisotopic (exact) mass is 713 g/mol. The Morgan fingerprint density at radius 2 is 0.946 bits per heavy atom. The van der Waals surface area contributed by atoms with Crippen molar-refractivity contribution >= 4 is 43.7 Å². The SMILES string of the molecule is Cc1cccc(-c2c(Nc3cccc(C4(c5ccccc5)c5ccccc5-c5ccccc54)c3)c3ccc4cccc5ccc(c2-c2cccc(C)c2)c3c45)c1. The van der Waals surface area contributed by atoms with Crippen molar-refractivity contribution in [2.75, 3.05) is 5.32 Å². The predicted molar refractivity (Wildman–Crippen MR) is 238 cm³/mol. The van der Waals surface area contributed by atoms with Crippen LogP contribution in [0.15, 0.2) is 194 Å². The molecule has 0 saturated carbocycles. The van der Waals surface area contributed by atoms with Gasteiger partial charge in [-0.2, -0.15) is 0 Å². The number of hydrogen-bond acceptors (Lipinski definition) is 1. The first kappa shape index (κ1) is 32.5. The molecule has 0 radical (unpaired) electrons. The summed E-state index contributed by atoms with van der Waals surface area (Å²) in [6.07, 6.45) is 0. The van der Waals surface area contributed by atoms with Gasteiger partial charge in [-0.05, 0) is 97.6 Å². The summed E-state index contributed by atoms with van der Waals surface area (Å²) in [4.78, 5) is 0. The van der Waals surface area contributed by atoms with E-state index in [4.69, 9.17) is 0 Å². The van der Waals surface area contributed by atoms with Gasteiger partial charge in [-0.3, -0.25) is 0 Å². The quantitative estimate of drug-likeness (QED) is 0.169. The minimum atomic E-state index is -0.485. The molecular formula is C55H39N. The first-order valence-electron chi connectivity index (χ1n) is 19.6. The van der Waals surface area contributed by atoms with E-state index in [0.717, 1.165) is 11.4 Å². The second kappa shape index (κ2) is 12.5. The van der Waals surface area contributed by atoms with Gasteiger partial charge in [0.15, 0.2) is 0 Å². The van der Waals surface area contributed by atoms with E-state index in [2.05, 4.69) is 213 Å². The summed E-state index contributed by atoms with van der Waals surface area (Å²) < 4.78 is 0. The lowest BCUT2D eigenvalue weighted by Gasteiger charge is -2.34. The van der Waals surface area contributed by atoms with Crippen molar-refractivity contribution in [3.63, 3.8) is 0 Å². The van der Waals surface area contributed by atoms with Crippen molar-refractivity contribution in [3.8, 4) is 33.4 Å². The molecule has 10 aromatic carbocycles. The second-order valence-corrected chi connectivity index (χ2v) is 15.5. The highest BCUT2D eigenvalue weighted by Gasteiger charge is 2.45. The smallest absolute Gasteiger partial charge is 0.0714 e. The van der Waals surface area contributed by atoms with Crippen molar-refractivity contribution in [2.24, 2.45) is 0 Å². The van der Waals surface area contributed by atoms with Crippen LogP contribution in [-0.4, -0.2) is 0 Å². The highest BCUT2D eigenvalue weighted by Crippen LogP contribution is 2.57. The van der Waals surface area contributed by atoms with Crippen molar-refractivity contribution < 1.29 is 0 Å². The molecule has 0 unspecified atom stereocenters. The number of aryl methyl sites for hydroxylation is 2. The Morgan fingerprint density at radius 1 is 0.393 bits per heavy atom. The van der Waals surface area contributed by atoms with Crippen LogP contribution in [0.5, 0.6) is 0 Å². The molecule has 264 valence electrons. The fourth-order valence-corrected chi connectivity index (χ4v) is 9.90. The Morgan fingerprint density at radius 3 is 1.61 bits per heavy atom. The van der Waals surface area contributed by atoms with Crippen molar-refractivity contribution in [1.82, 2.24) is 0 Å². The zero-order valence-electron chi connectivity index (χ0n) is 31.5. The maximum absolute atomic E-state index is 4.15. The third-order valence-electron chi connectivity index (χ3n) is 12.2. The number of hydrogen-bond donors (Lipinski definition) is 1. The molecule has 56 heavy (non-hydrogen) atoms. The second-order valence-electron chi connectivity index (χ2n) is 15.5. The van der Waals surface area contributed by atoms with E-state index in [0.29, 0.717) is 0 Å². The molecule has 1 N–H and O–H groups in total. The zero-order valence-corrected chi connectivity index (χ0v) is 31.5. The molecular weight excluding hydrogens is 675 g/mol. The Kier molecular flexibility index (Phi) is 7.28. The van der Waals surface area contributed by atoms with Crippen LogP contribution < -0.4 is 5.32 Å². The Bertz CT molecular complexity index is 3070. The number of anilines is 2. The van der Waals surface area contributed by atoms with Gasteiger partial charge in [0.1, 0.15) is 0 Å². The number of nitrogens with one attached hydrogen (secondary N) is 1. The van der Waals surface area contributed by atoms with Crippen LogP contribution in [0.25, 0.3) is 65.7 Å². The molecule has 0 saturated heterocycles. The molecule has 1 heteroatoms. The van der Waals surface area contributed by atoms with E-state index < -0.39 is 5.41 Å². The fourth-order valence-electron chi connectivity index (χ4n) is 9.90. The number of rotatable bonds is 6. The molecule has 0 spiro atoms. The fraction of sp³-hybridized carbons (Fsp3) is 0.0545. The Balaban J connectivity index is 1.22. The molecule has 0 aliphatic heterocycles. The lowest BCUT2D eigenvalue weighted by Crippen LogP contribution is -2.28. The molecule has 1 nitrogen and oxygen atoms in total. The van der Waals surface area contributed by atoms with Crippen LogP contribution in [0, 0.1) is 13.8 Å². The maximum atomic E-state index is 4.15. The molecule has 0 bridgehead atoms. The van der Waals surface area contributed by atoms with Crippen molar-refractivity contribution in [1.29, 1.82) is 0 Å². The van der Waals surface area contributed by atoms with Crippen molar-refractivity contribution in [3.05, 3.63) is 228 Å². The molecule has 0 heterocycles. The van der Waals surface area contributed by atoms with Crippen LogP contribution in [0.4, 0.5) is 11.4 Å². The van der Waals surface area contributed by atoms with Gasteiger partial charge in [-0.1, -0.05) is 193 Å². The molecule has 0 aromatic heterocycles. The maximum Gasteiger partial charge on any atom is 0.0714 e. The highest BCUT2D eigenvalue weighted by atomic mass is 14.9. The molecule has 1 aliphatic carbocycles. The average molecular weight is 714 g/mol. The van der Waals surface area contributed by atoms with Gasteiger partial charge in [0, 0.05) is 22.0 Å². The first-order valence-corrected chi connectivity index (χ1v) is 19.6. The molecule has 11 rings (SSSR count). The van der Waals surface area contributed by atoms with E-state index >= 15 is 0 Å². The number of benzene rings is 10. The summed E-state index contributed by atoms with van der Waals surface area (Å²) in [5.41, 5.74) is 16.8. The Labute approximate surface area is 327 Å². The first-order chi connectivity index (χ1) is 27.6. The van der Waals surface area contributed by atoms with Gasteiger partial charge in [-0.25, -0.2) is 0 Å². The van der Waals surface area contributed by atoms with E-state index in [-0.39, 0.29) is 0 Å². The summed E-state index contributed by atoms with van der Waals surface area (Å²) in [7, 11) is 0. The van der Waals surface area contributed by atoms with Gasteiger partial charge in [0.2, 0.25) is 0 Å². The van der Waals surface area contributed by atoms with Gasteiger partial charge in [-0.15, -0.1) is 0 Å². The summed E-state index contributed by atoms with van der Waals surface area (Å²) in [6, 6.07) is 72.2. The van der Waals surface area contributed by atoms with E-state index in [9.17, 15) is 0 Å². The van der Waals surface area contributed by atoms with Gasteiger partial charge >= 0.3 is 0 Å². The van der Waals surface area contributed by atoms with Crippen LogP contribution in [0.3, 0.4) is 0 Å². The van der Waals surface area contributed by atoms with E-state index in [1.807, 2.05) is 0 Å². The summed E-state index contributed by atoms with van der Waals surface area (Å²) >= 11 is 0. The summed E-state index contributed by atoms with van der Waals surface area (Å²) in [5, 5.41) is 11.8. The third kappa shape index (κ3) is 4.74. The van der Waals surface area contributed by atoms with Crippen molar-refractivity contribution in [2.45, 2.75) is 19.3 Å². The predicted octanol–water partition coefficient (Wildman–Crippen LogP) is 14.6. The summed E-state index contributed by atoms with van der Waals surface area (Å²) in [6.45, 7) is 4.38. The molecule has 10 aromatic rings. The van der Waals surface area contributed by atoms with Crippen LogP contribution >= 0.6 is 0 Å². The third-order valence-corrected chi connectivity index (χ3v) is 12.2. The van der Waals surface area contributed by atoms with Crippen LogP contribution in [0.1, 0.15) is 33.4 Å². The van der Waals surface area contributed by atoms with Gasteiger partial charge in [0.25, 0.3) is 0 Å². The molecule has 0 fully saturated rings. The normalized spacial score (nSPS) is 13.0. The average Bonchev–Trinajstić information content (AvgIpc) is 3.54. The minimum Gasteiger partial charge on any atom is -0.354 e. The molecule has 0 atom stereocenters.